The van der Waals surface area contributed by atoms with Gasteiger partial charge in [0.15, 0.2) is 5.65 Å². The number of nitrogens with zero attached hydrogens (tertiary/aromatic N) is 7. The fourth-order valence-corrected chi connectivity index (χ4v) is 4.51. The molecule has 2 aliphatic heterocycles. The van der Waals surface area contributed by atoms with Crippen LogP contribution in [0.1, 0.15) is 17.0 Å². The first-order chi connectivity index (χ1) is 13.1. The zero-order chi connectivity index (χ0) is 18.5. The summed E-state index contributed by atoms with van der Waals surface area (Å²) in [6, 6.07) is 10.1. The maximum atomic E-state index is 9.36. The van der Waals surface area contributed by atoms with E-state index in [9.17, 15) is 5.26 Å². The van der Waals surface area contributed by atoms with Gasteiger partial charge in [0.2, 0.25) is 0 Å². The maximum Gasteiger partial charge on any atom is 0.157 e. The molecule has 7 nitrogen and oxygen atoms in total. The number of fused-ring (bicyclic) bond motifs is 2. The molecule has 2 unspecified atom stereocenters. The Morgan fingerprint density at radius 3 is 2.52 bits per heavy atom. The molecule has 0 saturated carbocycles. The van der Waals surface area contributed by atoms with Gasteiger partial charge in [-0.2, -0.15) is 14.9 Å². The summed E-state index contributed by atoms with van der Waals surface area (Å²) < 4.78 is 1.97. The lowest BCUT2D eigenvalue weighted by Gasteiger charge is -2.24. The van der Waals surface area contributed by atoms with Crippen molar-refractivity contribution >= 4 is 17.3 Å². The van der Waals surface area contributed by atoms with Crippen LogP contribution in [0.25, 0.3) is 5.65 Å². The summed E-state index contributed by atoms with van der Waals surface area (Å²) in [6.45, 7) is 7.91. The molecule has 2 saturated heterocycles. The highest BCUT2D eigenvalue weighted by atomic mass is 15.4. The van der Waals surface area contributed by atoms with Gasteiger partial charge in [-0.1, -0.05) is 0 Å². The number of hydrogen-bond acceptors (Lipinski definition) is 6. The van der Waals surface area contributed by atoms with Crippen LogP contribution in [0.2, 0.25) is 0 Å². The van der Waals surface area contributed by atoms with E-state index in [4.69, 9.17) is 0 Å². The molecule has 0 spiro atoms. The van der Waals surface area contributed by atoms with Crippen LogP contribution >= 0.6 is 0 Å². The Morgan fingerprint density at radius 1 is 1.04 bits per heavy atom. The number of anilines is 2. The third-order valence-corrected chi connectivity index (χ3v) is 5.68. The summed E-state index contributed by atoms with van der Waals surface area (Å²) in [7, 11) is 0. The largest absolute Gasteiger partial charge is 0.356 e. The zero-order valence-electron chi connectivity index (χ0n) is 15.5. The second-order valence-electron chi connectivity index (χ2n) is 7.63. The third kappa shape index (κ3) is 2.60. The van der Waals surface area contributed by atoms with Gasteiger partial charge in [-0.25, -0.2) is 9.97 Å². The van der Waals surface area contributed by atoms with Gasteiger partial charge in [-0.05, 0) is 26.0 Å². The van der Waals surface area contributed by atoms with Gasteiger partial charge < -0.3 is 9.80 Å². The Morgan fingerprint density at radius 2 is 1.78 bits per heavy atom. The summed E-state index contributed by atoms with van der Waals surface area (Å²) in [5, 5.41) is 14.0. The van der Waals surface area contributed by atoms with Crippen molar-refractivity contribution < 1.29 is 0 Å². The third-order valence-electron chi connectivity index (χ3n) is 5.68. The van der Waals surface area contributed by atoms with Crippen molar-refractivity contribution in [3.8, 4) is 6.07 Å². The van der Waals surface area contributed by atoms with E-state index in [1.807, 2.05) is 36.6 Å². The molecule has 5 rings (SSSR count). The second-order valence-corrected chi connectivity index (χ2v) is 7.63. The molecule has 2 atom stereocenters. The summed E-state index contributed by atoms with van der Waals surface area (Å²) in [4.78, 5) is 13.8. The molecule has 7 heteroatoms. The molecule has 0 bridgehead atoms. The molecule has 5 heterocycles. The number of aromatic nitrogens is 4. The highest BCUT2D eigenvalue weighted by molar-refractivity contribution is 5.56. The van der Waals surface area contributed by atoms with Crippen molar-refractivity contribution in [1.29, 1.82) is 5.26 Å². The lowest BCUT2D eigenvalue weighted by Crippen LogP contribution is -2.30. The summed E-state index contributed by atoms with van der Waals surface area (Å²) >= 11 is 0. The van der Waals surface area contributed by atoms with Crippen LogP contribution in [-0.4, -0.2) is 45.8 Å². The molecule has 2 aliphatic rings. The second kappa shape index (κ2) is 5.95. The number of rotatable bonds is 2. The smallest absolute Gasteiger partial charge is 0.157 e. The first-order valence-electron chi connectivity index (χ1n) is 9.31. The molecule has 3 aromatic heterocycles. The molecular formula is C20H21N7. The van der Waals surface area contributed by atoms with Crippen molar-refractivity contribution in [3.63, 3.8) is 0 Å². The average molecular weight is 359 g/mol. The minimum Gasteiger partial charge on any atom is -0.356 e. The lowest BCUT2D eigenvalue weighted by atomic mass is 10.0. The molecule has 0 aliphatic carbocycles. The Kier molecular flexibility index (Phi) is 3.54. The predicted octanol–water partition coefficient (Wildman–Crippen LogP) is 2.19. The molecule has 2 fully saturated rings. The van der Waals surface area contributed by atoms with Crippen molar-refractivity contribution in [2.45, 2.75) is 13.8 Å². The van der Waals surface area contributed by atoms with Gasteiger partial charge >= 0.3 is 0 Å². The van der Waals surface area contributed by atoms with E-state index in [2.05, 4.69) is 37.0 Å². The Balaban J connectivity index is 1.40. The number of pyridine rings is 1. The van der Waals surface area contributed by atoms with Crippen molar-refractivity contribution in [2.24, 2.45) is 11.8 Å². The van der Waals surface area contributed by atoms with Gasteiger partial charge in [0.1, 0.15) is 17.7 Å². The van der Waals surface area contributed by atoms with Crippen LogP contribution in [0.4, 0.5) is 11.6 Å². The van der Waals surface area contributed by atoms with Gasteiger partial charge in [-0.3, -0.25) is 0 Å². The first kappa shape index (κ1) is 16.1. The van der Waals surface area contributed by atoms with Crippen LogP contribution < -0.4 is 9.80 Å². The van der Waals surface area contributed by atoms with Gasteiger partial charge in [-0.15, -0.1) is 0 Å². The molecule has 0 aromatic carbocycles. The highest BCUT2D eigenvalue weighted by Gasteiger charge is 2.41. The van der Waals surface area contributed by atoms with Crippen LogP contribution in [0.5, 0.6) is 0 Å². The molecule has 136 valence electrons. The predicted molar refractivity (Wildman–Crippen MR) is 103 cm³/mol. The number of aryl methyl sites for hydroxylation is 2. The van der Waals surface area contributed by atoms with E-state index in [1.54, 1.807) is 6.20 Å². The standard InChI is InChI=1S/C20H21N7/c1-13-7-19(27-18(23-13)6-14(2)24-27)25-9-16-11-26(12-17(16)10-25)20-15(8-21)4-3-5-22-20/h3-7,16-17H,9-12H2,1-2H3. The van der Waals surface area contributed by atoms with Crippen LogP contribution in [0, 0.1) is 37.0 Å². The Hall–Kier alpha value is -3.14. The van der Waals surface area contributed by atoms with Gasteiger partial charge in [0.25, 0.3) is 0 Å². The minimum atomic E-state index is 0.568. The monoisotopic (exact) mass is 359 g/mol. The molecule has 3 aromatic rings. The number of nitriles is 1. The SMILES string of the molecule is Cc1cc(N2CC3CN(c4ncccc4C#N)CC3C2)n2nc(C)cc2n1. The van der Waals surface area contributed by atoms with E-state index < -0.39 is 0 Å². The molecule has 0 amide bonds. The minimum absolute atomic E-state index is 0.568. The quantitative estimate of drug-likeness (QED) is 0.698. The van der Waals surface area contributed by atoms with Crippen LogP contribution in [-0.2, 0) is 0 Å². The van der Waals surface area contributed by atoms with Crippen LogP contribution in [0.3, 0.4) is 0 Å². The van der Waals surface area contributed by atoms with Crippen LogP contribution in [0.15, 0.2) is 30.5 Å². The molecule has 27 heavy (non-hydrogen) atoms. The normalized spacial score (nSPS) is 21.7. The summed E-state index contributed by atoms with van der Waals surface area (Å²) in [5.41, 5.74) is 3.57. The average Bonchev–Trinajstić information content (AvgIpc) is 3.32. The topological polar surface area (TPSA) is 73.3 Å². The van der Waals surface area contributed by atoms with E-state index in [0.717, 1.165) is 54.8 Å². The van der Waals surface area contributed by atoms with E-state index in [0.29, 0.717) is 17.4 Å². The molecule has 0 radical (unpaired) electrons. The fourth-order valence-electron chi connectivity index (χ4n) is 4.51. The maximum absolute atomic E-state index is 9.36. The lowest BCUT2D eigenvalue weighted by molar-refractivity contribution is 0.533. The molecule has 0 N–H and O–H groups in total. The van der Waals surface area contributed by atoms with Gasteiger partial charge in [0.05, 0.1) is 11.3 Å². The van der Waals surface area contributed by atoms with E-state index in [1.165, 1.54) is 0 Å². The highest BCUT2D eigenvalue weighted by Crippen LogP contribution is 2.36. The van der Waals surface area contributed by atoms with Gasteiger partial charge in [0, 0.05) is 62.0 Å². The Labute approximate surface area is 157 Å². The van der Waals surface area contributed by atoms with Crippen molar-refractivity contribution in [2.75, 3.05) is 36.0 Å². The van der Waals surface area contributed by atoms with E-state index >= 15 is 0 Å². The van der Waals surface area contributed by atoms with Crippen molar-refractivity contribution in [1.82, 2.24) is 19.6 Å². The number of hydrogen-bond donors (Lipinski definition) is 0. The fraction of sp³-hybridized carbons (Fsp3) is 0.400. The zero-order valence-corrected chi connectivity index (χ0v) is 15.5. The summed E-state index contributed by atoms with van der Waals surface area (Å²) in [6.07, 6.45) is 1.77. The Bertz CT molecular complexity index is 1050. The van der Waals surface area contributed by atoms with Crippen molar-refractivity contribution in [3.05, 3.63) is 47.4 Å². The molecular weight excluding hydrogens is 338 g/mol. The first-order valence-corrected chi connectivity index (χ1v) is 9.31. The van der Waals surface area contributed by atoms with E-state index in [-0.39, 0.29) is 0 Å². The summed E-state index contributed by atoms with van der Waals surface area (Å²) in [5.74, 6) is 3.09.